The molecule has 0 radical (unpaired) electrons. The van der Waals surface area contributed by atoms with E-state index in [0.717, 1.165) is 11.8 Å². The Balaban J connectivity index is 2.24. The fourth-order valence-corrected chi connectivity index (χ4v) is 3.27. The molecule has 0 bridgehead atoms. The second-order valence-corrected chi connectivity index (χ2v) is 6.27. The summed E-state index contributed by atoms with van der Waals surface area (Å²) in [5.41, 5.74) is 2.00. The zero-order valence-corrected chi connectivity index (χ0v) is 10.9. The Morgan fingerprint density at radius 1 is 0.938 bits per heavy atom. The smallest absolute Gasteiger partial charge is 0.0129 e. The molecule has 0 nitrogen and oxygen atoms in total. The lowest BCUT2D eigenvalue weighted by atomic mass is 9.64. The summed E-state index contributed by atoms with van der Waals surface area (Å²) >= 11 is 0. The third kappa shape index (κ3) is 2.48. The molecule has 0 aliphatic heterocycles. The van der Waals surface area contributed by atoms with Gasteiger partial charge in [0.1, 0.15) is 0 Å². The van der Waals surface area contributed by atoms with Crippen molar-refractivity contribution in [2.45, 2.75) is 52.4 Å². The molecule has 0 heterocycles. The minimum absolute atomic E-state index is 0.445. The molecule has 0 N–H and O–H groups in total. The van der Waals surface area contributed by atoms with Crippen molar-refractivity contribution in [2.24, 2.45) is 11.3 Å². The Kier molecular flexibility index (Phi) is 3.37. The van der Waals surface area contributed by atoms with Crippen LogP contribution < -0.4 is 0 Å². The molecule has 1 aromatic carbocycles. The maximum atomic E-state index is 2.40. The van der Waals surface area contributed by atoms with Gasteiger partial charge < -0.3 is 0 Å². The van der Waals surface area contributed by atoms with Gasteiger partial charge in [0.25, 0.3) is 0 Å². The van der Waals surface area contributed by atoms with Crippen LogP contribution in [0.4, 0.5) is 0 Å². The zero-order chi connectivity index (χ0) is 11.6. The standard InChI is InChI=1S/C16H24/c1-16(2,3)15-12-8-7-11-14(15)13-9-5-4-6-10-13/h4-6,9-10,14-15H,7-8,11-12H2,1-3H3. The molecule has 0 aromatic heterocycles. The fraction of sp³-hybridized carbons (Fsp3) is 0.625. The Hall–Kier alpha value is -0.780. The van der Waals surface area contributed by atoms with Gasteiger partial charge in [-0.15, -0.1) is 0 Å². The zero-order valence-electron chi connectivity index (χ0n) is 10.9. The summed E-state index contributed by atoms with van der Waals surface area (Å²) < 4.78 is 0. The SMILES string of the molecule is CC(C)(C)C1CCCCC1c1ccccc1. The van der Waals surface area contributed by atoms with E-state index in [1.54, 1.807) is 5.56 Å². The van der Waals surface area contributed by atoms with Gasteiger partial charge >= 0.3 is 0 Å². The summed E-state index contributed by atoms with van der Waals surface area (Å²) in [6.45, 7) is 7.21. The van der Waals surface area contributed by atoms with Crippen molar-refractivity contribution in [3.63, 3.8) is 0 Å². The third-order valence-electron chi connectivity index (χ3n) is 4.11. The molecule has 1 aromatic rings. The van der Waals surface area contributed by atoms with Crippen molar-refractivity contribution in [2.75, 3.05) is 0 Å². The molecule has 16 heavy (non-hydrogen) atoms. The molecule has 1 fully saturated rings. The third-order valence-corrected chi connectivity index (χ3v) is 4.11. The van der Waals surface area contributed by atoms with E-state index < -0.39 is 0 Å². The van der Waals surface area contributed by atoms with E-state index in [0.29, 0.717) is 5.41 Å². The fourth-order valence-electron chi connectivity index (χ4n) is 3.27. The average molecular weight is 216 g/mol. The van der Waals surface area contributed by atoms with Crippen LogP contribution in [0.25, 0.3) is 0 Å². The Labute approximate surface area is 100 Å². The quantitative estimate of drug-likeness (QED) is 0.619. The van der Waals surface area contributed by atoms with Gasteiger partial charge in [0.2, 0.25) is 0 Å². The van der Waals surface area contributed by atoms with E-state index in [1.165, 1.54) is 25.7 Å². The number of hydrogen-bond donors (Lipinski definition) is 0. The Bertz CT molecular complexity index is 318. The molecule has 0 saturated heterocycles. The van der Waals surface area contributed by atoms with Crippen molar-refractivity contribution in [3.05, 3.63) is 35.9 Å². The normalized spacial score (nSPS) is 26.7. The molecule has 1 aliphatic rings. The van der Waals surface area contributed by atoms with Crippen molar-refractivity contribution < 1.29 is 0 Å². The van der Waals surface area contributed by atoms with Gasteiger partial charge in [-0.1, -0.05) is 63.9 Å². The van der Waals surface area contributed by atoms with E-state index in [-0.39, 0.29) is 0 Å². The van der Waals surface area contributed by atoms with E-state index in [2.05, 4.69) is 51.1 Å². The summed E-state index contributed by atoms with van der Waals surface area (Å²) in [5.74, 6) is 1.64. The van der Waals surface area contributed by atoms with Gasteiger partial charge in [0.05, 0.1) is 0 Å². The van der Waals surface area contributed by atoms with Gasteiger partial charge in [-0.3, -0.25) is 0 Å². The van der Waals surface area contributed by atoms with Crippen LogP contribution in [0.5, 0.6) is 0 Å². The van der Waals surface area contributed by atoms with E-state index in [4.69, 9.17) is 0 Å². The molecule has 2 rings (SSSR count). The lowest BCUT2D eigenvalue weighted by molar-refractivity contribution is 0.151. The van der Waals surface area contributed by atoms with Gasteiger partial charge in [-0.2, -0.15) is 0 Å². The van der Waals surface area contributed by atoms with Gasteiger partial charge in [0, 0.05) is 0 Å². The molecule has 0 heteroatoms. The minimum atomic E-state index is 0.445. The topological polar surface area (TPSA) is 0 Å². The van der Waals surface area contributed by atoms with Crippen LogP contribution in [0.3, 0.4) is 0 Å². The summed E-state index contributed by atoms with van der Waals surface area (Å²) in [4.78, 5) is 0. The summed E-state index contributed by atoms with van der Waals surface area (Å²) in [5, 5.41) is 0. The second kappa shape index (κ2) is 4.61. The van der Waals surface area contributed by atoms with Crippen LogP contribution in [-0.2, 0) is 0 Å². The number of rotatable bonds is 1. The first-order valence-electron chi connectivity index (χ1n) is 6.64. The highest BCUT2D eigenvalue weighted by Crippen LogP contribution is 2.46. The van der Waals surface area contributed by atoms with Gasteiger partial charge in [0.15, 0.2) is 0 Å². The predicted octanol–water partition coefficient (Wildman–Crippen LogP) is 5.01. The molecular formula is C16H24. The highest BCUT2D eigenvalue weighted by Gasteiger charge is 2.34. The first kappa shape index (κ1) is 11.7. The van der Waals surface area contributed by atoms with Crippen LogP contribution in [-0.4, -0.2) is 0 Å². The van der Waals surface area contributed by atoms with Gasteiger partial charge in [-0.25, -0.2) is 0 Å². The Morgan fingerprint density at radius 2 is 1.56 bits per heavy atom. The summed E-state index contributed by atoms with van der Waals surface area (Å²) in [7, 11) is 0. The maximum absolute atomic E-state index is 2.40. The second-order valence-electron chi connectivity index (χ2n) is 6.27. The molecule has 88 valence electrons. The van der Waals surface area contributed by atoms with E-state index in [9.17, 15) is 0 Å². The summed E-state index contributed by atoms with van der Waals surface area (Å²) in [6.07, 6.45) is 5.62. The van der Waals surface area contributed by atoms with Crippen molar-refractivity contribution in [1.29, 1.82) is 0 Å². The highest BCUT2D eigenvalue weighted by atomic mass is 14.4. The molecule has 0 spiro atoms. The van der Waals surface area contributed by atoms with E-state index >= 15 is 0 Å². The molecular weight excluding hydrogens is 192 g/mol. The molecule has 1 aliphatic carbocycles. The molecule has 0 amide bonds. The monoisotopic (exact) mass is 216 g/mol. The van der Waals surface area contributed by atoms with Crippen LogP contribution in [0.15, 0.2) is 30.3 Å². The predicted molar refractivity (Wildman–Crippen MR) is 70.6 cm³/mol. The van der Waals surface area contributed by atoms with Crippen LogP contribution in [0.1, 0.15) is 57.9 Å². The van der Waals surface area contributed by atoms with Crippen molar-refractivity contribution in [1.82, 2.24) is 0 Å². The molecule has 2 atom stereocenters. The Morgan fingerprint density at radius 3 is 2.19 bits per heavy atom. The van der Waals surface area contributed by atoms with Crippen molar-refractivity contribution >= 4 is 0 Å². The van der Waals surface area contributed by atoms with Crippen molar-refractivity contribution in [3.8, 4) is 0 Å². The highest BCUT2D eigenvalue weighted by molar-refractivity contribution is 5.21. The minimum Gasteiger partial charge on any atom is -0.0622 e. The van der Waals surface area contributed by atoms with Gasteiger partial charge in [-0.05, 0) is 35.7 Å². The number of benzene rings is 1. The maximum Gasteiger partial charge on any atom is -0.0129 e. The summed E-state index contributed by atoms with van der Waals surface area (Å²) in [6, 6.07) is 11.1. The lowest BCUT2D eigenvalue weighted by Crippen LogP contribution is -2.29. The number of hydrogen-bond acceptors (Lipinski definition) is 0. The van der Waals surface area contributed by atoms with Crippen LogP contribution in [0.2, 0.25) is 0 Å². The first-order chi connectivity index (χ1) is 7.59. The van der Waals surface area contributed by atoms with E-state index in [1.807, 2.05) is 0 Å². The molecule has 1 saturated carbocycles. The molecule has 2 unspecified atom stereocenters. The lowest BCUT2D eigenvalue weighted by Gasteiger charge is -2.40. The van der Waals surface area contributed by atoms with Crippen LogP contribution in [0, 0.1) is 11.3 Å². The van der Waals surface area contributed by atoms with Crippen LogP contribution >= 0.6 is 0 Å². The largest absolute Gasteiger partial charge is 0.0622 e. The average Bonchev–Trinajstić information content (AvgIpc) is 2.29. The first-order valence-corrected chi connectivity index (χ1v) is 6.64.